The standard InChI is InChI=1S/C28H34FNO4/c1-18(2)30-24-9-7-6-8-23(24)27(19-10-12-20(29)13-11-19)25(30)15-14-21(31)16-22(32)17-26(33)34-28(3,4)5/h6-15,18,21-22,31-32H,16-17H2,1-5H3/b15-14+/t21-,22-/m1/s1/i1D3,2D3,18D. The molecule has 0 spiro atoms. The molecule has 1 aromatic heterocycles. The molecule has 5 nitrogen and oxygen atoms in total. The number of rotatable bonds is 8. The molecule has 1 heterocycles. The van der Waals surface area contributed by atoms with Gasteiger partial charge in [0, 0.05) is 42.8 Å². The average molecular weight is 475 g/mol. The monoisotopic (exact) mass is 474 g/mol. The highest BCUT2D eigenvalue weighted by Crippen LogP contribution is 2.38. The lowest BCUT2D eigenvalue weighted by molar-refractivity contribution is -0.157. The van der Waals surface area contributed by atoms with Gasteiger partial charge in [-0.3, -0.25) is 4.79 Å². The van der Waals surface area contributed by atoms with Crippen molar-refractivity contribution >= 4 is 22.9 Å². The molecule has 0 saturated carbocycles. The van der Waals surface area contributed by atoms with E-state index in [2.05, 4.69) is 0 Å². The number of ether oxygens (including phenoxy) is 1. The van der Waals surface area contributed by atoms with Crippen LogP contribution < -0.4 is 0 Å². The molecule has 2 atom stereocenters. The van der Waals surface area contributed by atoms with Crippen LogP contribution in [0.15, 0.2) is 54.6 Å². The maximum Gasteiger partial charge on any atom is 0.308 e. The number of esters is 1. The topological polar surface area (TPSA) is 71.7 Å². The van der Waals surface area contributed by atoms with Gasteiger partial charge in [0.05, 0.1) is 20.0 Å². The van der Waals surface area contributed by atoms with Crippen molar-refractivity contribution < 1.29 is 33.7 Å². The molecule has 3 rings (SSSR count). The smallest absolute Gasteiger partial charge is 0.308 e. The Morgan fingerprint density at radius 3 is 2.50 bits per heavy atom. The van der Waals surface area contributed by atoms with Crippen molar-refractivity contribution in [1.82, 2.24) is 4.57 Å². The zero-order valence-electron chi connectivity index (χ0n) is 26.4. The summed E-state index contributed by atoms with van der Waals surface area (Å²) in [4.78, 5) is 12.1. The molecule has 0 aliphatic carbocycles. The van der Waals surface area contributed by atoms with Gasteiger partial charge in [0.1, 0.15) is 11.4 Å². The Hall–Kier alpha value is -2.96. The van der Waals surface area contributed by atoms with E-state index >= 15 is 0 Å². The fourth-order valence-corrected chi connectivity index (χ4v) is 3.80. The molecule has 0 amide bonds. The predicted molar refractivity (Wildman–Crippen MR) is 134 cm³/mol. The van der Waals surface area contributed by atoms with Crippen molar-refractivity contribution in [3.05, 3.63) is 66.1 Å². The minimum absolute atomic E-state index is 0.0271. The molecule has 2 N–H and O–H groups in total. The number of aliphatic hydroxyl groups is 2. The summed E-state index contributed by atoms with van der Waals surface area (Å²) < 4.78 is 77.4. The average Bonchev–Trinajstić information content (AvgIpc) is 3.14. The molecule has 0 aliphatic heterocycles. The number of nitrogens with zero attached hydrogens (tertiary/aromatic N) is 1. The largest absolute Gasteiger partial charge is 0.460 e. The second-order valence-corrected chi connectivity index (χ2v) is 9.07. The van der Waals surface area contributed by atoms with E-state index < -0.39 is 49.3 Å². The van der Waals surface area contributed by atoms with Crippen molar-refractivity contribution in [3.8, 4) is 11.1 Å². The number of carbonyl (C=O) groups is 1. The fourth-order valence-electron chi connectivity index (χ4n) is 3.80. The van der Waals surface area contributed by atoms with Crippen LogP contribution in [0.2, 0.25) is 0 Å². The summed E-state index contributed by atoms with van der Waals surface area (Å²) in [6, 6.07) is 8.46. The maximum atomic E-state index is 13.8. The first-order valence-electron chi connectivity index (χ1n) is 14.4. The summed E-state index contributed by atoms with van der Waals surface area (Å²) in [6.45, 7) is -1.62. The lowest BCUT2D eigenvalue weighted by Gasteiger charge is -2.21. The Morgan fingerprint density at radius 1 is 1.18 bits per heavy atom. The molecule has 0 unspecified atom stereocenters. The molecule has 0 fully saturated rings. The number of hydrogen-bond donors (Lipinski definition) is 2. The number of fused-ring (bicyclic) bond motifs is 1. The van der Waals surface area contributed by atoms with Gasteiger partial charge in [-0.1, -0.05) is 36.4 Å². The van der Waals surface area contributed by atoms with E-state index in [1.807, 2.05) is 0 Å². The number of aliphatic hydroxyl groups excluding tert-OH is 2. The molecular formula is C28H34FNO4. The van der Waals surface area contributed by atoms with Crippen LogP contribution >= 0.6 is 0 Å². The molecular weight excluding hydrogens is 433 g/mol. The van der Waals surface area contributed by atoms with E-state index in [0.717, 1.165) is 4.57 Å². The first-order chi connectivity index (χ1) is 18.8. The Kier molecular flexibility index (Phi) is 5.41. The van der Waals surface area contributed by atoms with Gasteiger partial charge >= 0.3 is 5.97 Å². The summed E-state index contributed by atoms with van der Waals surface area (Å²) >= 11 is 0. The number of aromatic nitrogens is 1. The van der Waals surface area contributed by atoms with Crippen LogP contribution in [0.4, 0.5) is 4.39 Å². The summed E-state index contributed by atoms with van der Waals surface area (Å²) in [5.41, 5.74) is 0.0876. The van der Waals surface area contributed by atoms with Gasteiger partial charge in [-0.25, -0.2) is 4.39 Å². The van der Waals surface area contributed by atoms with Crippen LogP contribution in [0.25, 0.3) is 28.1 Å². The quantitative estimate of drug-likeness (QED) is 0.400. The third kappa shape index (κ3) is 6.33. The molecule has 182 valence electrons. The SMILES string of the molecule is [2H]C([2H])([2H])C([2H])(n1c(/C=C/[C@@H](O)C[C@@H](O)CC(=O)OC(C)(C)C)c(-c2ccc(F)cc2)c2ccccc21)C([2H])([2H])[2H]. The van der Waals surface area contributed by atoms with Crippen molar-refractivity contribution in [1.29, 1.82) is 0 Å². The molecule has 2 aromatic carbocycles. The summed E-state index contributed by atoms with van der Waals surface area (Å²) in [7, 11) is 0. The van der Waals surface area contributed by atoms with Crippen LogP contribution in [0.1, 0.15) is 68.6 Å². The third-order valence-corrected chi connectivity index (χ3v) is 5.08. The lowest BCUT2D eigenvalue weighted by atomic mass is 10.0. The number of carbonyl (C=O) groups excluding carboxylic acids is 1. The van der Waals surface area contributed by atoms with Gasteiger partial charge in [0.15, 0.2) is 0 Å². The van der Waals surface area contributed by atoms with Crippen molar-refractivity contribution in [2.45, 2.75) is 71.1 Å². The van der Waals surface area contributed by atoms with Gasteiger partial charge in [0.2, 0.25) is 0 Å². The fraction of sp³-hybridized carbons (Fsp3) is 0.393. The second-order valence-electron chi connectivity index (χ2n) is 9.07. The van der Waals surface area contributed by atoms with E-state index in [0.29, 0.717) is 16.5 Å². The van der Waals surface area contributed by atoms with Crippen LogP contribution in [-0.2, 0) is 9.53 Å². The normalized spacial score (nSPS) is 18.2. The number of benzene rings is 2. The minimum Gasteiger partial charge on any atom is -0.460 e. The molecule has 0 bridgehead atoms. The predicted octanol–water partition coefficient (Wildman–Crippen LogP) is 5.89. The molecule has 6 heteroatoms. The summed E-state index contributed by atoms with van der Waals surface area (Å²) in [5.74, 6) is -1.18. The molecule has 0 aliphatic rings. The Balaban J connectivity index is 2.18. The maximum absolute atomic E-state index is 13.8. The number of hydrogen-bond acceptors (Lipinski definition) is 4. The van der Waals surface area contributed by atoms with Gasteiger partial charge in [0.25, 0.3) is 0 Å². The van der Waals surface area contributed by atoms with Crippen molar-refractivity contribution in [2.75, 3.05) is 0 Å². The highest BCUT2D eigenvalue weighted by atomic mass is 19.1. The highest BCUT2D eigenvalue weighted by molar-refractivity contribution is 6.01. The van der Waals surface area contributed by atoms with Gasteiger partial charge < -0.3 is 19.5 Å². The van der Waals surface area contributed by atoms with Crippen LogP contribution in [0.3, 0.4) is 0 Å². The molecule has 3 aromatic rings. The first kappa shape index (κ1) is 17.5. The van der Waals surface area contributed by atoms with E-state index in [4.69, 9.17) is 14.3 Å². The Labute approximate surface area is 210 Å². The third-order valence-electron chi connectivity index (χ3n) is 5.08. The van der Waals surface area contributed by atoms with Crippen LogP contribution in [-0.4, -0.2) is 38.6 Å². The van der Waals surface area contributed by atoms with E-state index in [1.54, 1.807) is 39.0 Å². The minimum atomic E-state index is -3.33. The Bertz CT molecular complexity index is 1390. The second kappa shape index (κ2) is 10.5. The number of halogens is 1. The highest BCUT2D eigenvalue weighted by Gasteiger charge is 2.22. The van der Waals surface area contributed by atoms with Gasteiger partial charge in [-0.2, -0.15) is 0 Å². The first-order valence-corrected chi connectivity index (χ1v) is 10.9. The van der Waals surface area contributed by atoms with Gasteiger partial charge in [-0.05, 0) is 64.3 Å². The van der Waals surface area contributed by atoms with Crippen LogP contribution in [0.5, 0.6) is 0 Å². The van der Waals surface area contributed by atoms with E-state index in [-0.39, 0.29) is 24.1 Å². The van der Waals surface area contributed by atoms with Crippen LogP contribution in [0, 0.1) is 5.82 Å². The van der Waals surface area contributed by atoms with E-state index in [1.165, 1.54) is 42.5 Å². The lowest BCUT2D eigenvalue weighted by Crippen LogP contribution is -2.27. The zero-order chi connectivity index (χ0) is 31.0. The molecule has 34 heavy (non-hydrogen) atoms. The summed E-state index contributed by atoms with van der Waals surface area (Å²) in [5, 5.41) is 21.4. The van der Waals surface area contributed by atoms with Crippen molar-refractivity contribution in [3.63, 3.8) is 0 Å². The van der Waals surface area contributed by atoms with E-state index in [9.17, 15) is 19.4 Å². The van der Waals surface area contributed by atoms with Crippen molar-refractivity contribution in [2.24, 2.45) is 0 Å². The molecule has 0 saturated heterocycles. The number of para-hydroxylation sites is 1. The zero-order valence-corrected chi connectivity index (χ0v) is 19.4. The summed E-state index contributed by atoms with van der Waals surface area (Å²) in [6.07, 6.45) is -0.781. The van der Waals surface area contributed by atoms with Gasteiger partial charge in [-0.15, -0.1) is 0 Å². The molecule has 0 radical (unpaired) electrons. The Morgan fingerprint density at radius 2 is 1.85 bits per heavy atom.